The van der Waals surface area contributed by atoms with E-state index in [1.54, 1.807) is 0 Å². The minimum absolute atomic E-state index is 0. The van der Waals surface area contributed by atoms with Crippen LogP contribution in [0.3, 0.4) is 0 Å². The van der Waals surface area contributed by atoms with Gasteiger partial charge >= 0.3 is 26.2 Å². The molecular formula is C24H21Cl2PZr. The fraction of sp³-hybridized carbons (Fsp3) is 0.125. The van der Waals surface area contributed by atoms with Crippen molar-refractivity contribution in [3.8, 4) is 5.30 Å². The van der Waals surface area contributed by atoms with E-state index in [9.17, 15) is 0 Å². The molecule has 0 aliphatic heterocycles. The first-order valence-electron chi connectivity index (χ1n) is 8.69. The molecule has 0 spiro atoms. The molecule has 140 valence electrons. The third kappa shape index (κ3) is 5.34. The van der Waals surface area contributed by atoms with E-state index in [4.69, 9.17) is 0 Å². The number of hydrogen-bond acceptors (Lipinski definition) is 0. The fourth-order valence-electron chi connectivity index (χ4n) is 3.23. The number of rotatable bonds is 1. The van der Waals surface area contributed by atoms with Gasteiger partial charge in [0.25, 0.3) is 0 Å². The van der Waals surface area contributed by atoms with Crippen molar-refractivity contribution in [1.82, 2.24) is 0 Å². The van der Waals surface area contributed by atoms with E-state index in [0.717, 1.165) is 6.42 Å². The van der Waals surface area contributed by atoms with Crippen LogP contribution in [0.25, 0.3) is 26.6 Å². The zero-order valence-electron chi connectivity index (χ0n) is 15.9. The molecule has 1 aromatic heterocycles. The molecular weight excluding hydrogens is 481 g/mol. The average Bonchev–Trinajstić information content (AvgIpc) is 3.34. The monoisotopic (exact) mass is 500 g/mol. The van der Waals surface area contributed by atoms with Crippen molar-refractivity contribution in [3.63, 3.8) is 0 Å². The third-order valence-electron chi connectivity index (χ3n) is 4.85. The summed E-state index contributed by atoms with van der Waals surface area (Å²) >= 11 is 0. The first-order chi connectivity index (χ1) is 12.2. The molecule has 1 aliphatic rings. The summed E-state index contributed by atoms with van der Waals surface area (Å²) in [7, 11) is -0.283. The summed E-state index contributed by atoms with van der Waals surface area (Å²) in [6, 6.07) is 24.3. The summed E-state index contributed by atoms with van der Waals surface area (Å²) in [5.74, 6) is 2.37. The molecule has 1 unspecified atom stereocenters. The number of fused-ring (bicyclic) bond motifs is 2. The number of hydrogen-bond donors (Lipinski definition) is 0. The van der Waals surface area contributed by atoms with Crippen LogP contribution in [0, 0.1) is 6.08 Å². The minimum Gasteiger partial charge on any atom is -1.00 e. The van der Waals surface area contributed by atoms with Gasteiger partial charge in [-0.2, -0.15) is 12.1 Å². The Morgan fingerprint density at radius 2 is 1.57 bits per heavy atom. The maximum absolute atomic E-state index is 3.19. The number of allylic oxidation sites excluding steroid dienone is 4. The van der Waals surface area contributed by atoms with Crippen LogP contribution in [0.1, 0.15) is 20.3 Å². The predicted octanol–water partition coefficient (Wildman–Crippen LogP) is 1.78. The van der Waals surface area contributed by atoms with Gasteiger partial charge in [-0.1, -0.05) is 42.6 Å². The Bertz CT molecular complexity index is 1050. The Morgan fingerprint density at radius 1 is 0.893 bits per heavy atom. The Hall–Kier alpha value is -0.967. The van der Waals surface area contributed by atoms with Crippen LogP contribution in [0.15, 0.2) is 89.8 Å². The van der Waals surface area contributed by atoms with Crippen molar-refractivity contribution in [2.45, 2.75) is 20.3 Å². The summed E-state index contributed by atoms with van der Waals surface area (Å²) in [6.45, 7) is 4.22. The van der Waals surface area contributed by atoms with Gasteiger partial charge in [0.2, 0.25) is 0 Å². The van der Waals surface area contributed by atoms with Gasteiger partial charge in [-0.25, -0.2) is 11.1 Å². The molecule has 0 saturated heterocycles. The molecule has 0 radical (unpaired) electrons. The van der Waals surface area contributed by atoms with Gasteiger partial charge in [-0.05, 0) is 17.3 Å². The van der Waals surface area contributed by atoms with Crippen molar-refractivity contribution in [2.24, 2.45) is 0 Å². The van der Waals surface area contributed by atoms with Crippen molar-refractivity contribution in [3.05, 3.63) is 95.8 Å². The Labute approximate surface area is 200 Å². The zero-order valence-corrected chi connectivity index (χ0v) is 20.8. The van der Waals surface area contributed by atoms with Gasteiger partial charge in [0.15, 0.2) is 0 Å². The first-order valence-corrected chi connectivity index (χ1v) is 10.1. The van der Waals surface area contributed by atoms with E-state index in [-0.39, 0.29) is 58.6 Å². The van der Waals surface area contributed by atoms with Gasteiger partial charge in [-0.3, -0.25) is 6.08 Å². The molecule has 0 saturated carbocycles. The molecule has 5 rings (SSSR count). The second-order valence-electron chi connectivity index (χ2n) is 6.48. The molecule has 1 atom stereocenters. The van der Waals surface area contributed by atoms with Crippen molar-refractivity contribution < 1.29 is 51.0 Å². The summed E-state index contributed by atoms with van der Waals surface area (Å²) in [5.41, 5.74) is 2.71. The molecule has 3 aromatic carbocycles. The fourth-order valence-corrected chi connectivity index (χ4v) is 5.38. The second kappa shape index (κ2) is 11.3. The van der Waals surface area contributed by atoms with E-state index in [1.165, 1.54) is 37.7 Å². The smallest absolute Gasteiger partial charge is 1.00 e. The van der Waals surface area contributed by atoms with Crippen LogP contribution in [-0.2, 0) is 26.2 Å². The van der Waals surface area contributed by atoms with Crippen molar-refractivity contribution in [1.29, 1.82) is 0 Å². The third-order valence-corrected chi connectivity index (χ3v) is 7.04. The SMILES string of the molecule is CC1=[C-]CC=C1C.[Cl-].[Cl-].[Zr+4].c1ccc2[cH-]c(-p3ccc4ccccc43)cc2c1. The molecule has 0 fully saturated rings. The minimum atomic E-state index is -0.283. The van der Waals surface area contributed by atoms with Crippen LogP contribution >= 0.6 is 7.53 Å². The standard InChI is InChI=1S/C17H12P.C7H9.2ClH.Zr/c1-2-7-15-12-16(11-14(15)6-1)18-10-9-13-5-3-4-8-17(13)18;1-6-4-3-5-7(6)2;;;/h1-12H;4H,3H2,1-2H3;2*1H;/q2*-1;;;+4/p-2. The summed E-state index contributed by atoms with van der Waals surface area (Å²) in [6.07, 6.45) is 6.41. The first kappa shape index (κ1) is 25.1. The van der Waals surface area contributed by atoms with Crippen molar-refractivity contribution >= 4 is 28.8 Å². The van der Waals surface area contributed by atoms with Crippen LogP contribution in [-0.4, -0.2) is 0 Å². The summed E-state index contributed by atoms with van der Waals surface area (Å²) in [5, 5.41) is 7.05. The Morgan fingerprint density at radius 3 is 2.18 bits per heavy atom. The molecule has 0 bridgehead atoms. The van der Waals surface area contributed by atoms with Crippen molar-refractivity contribution in [2.75, 3.05) is 0 Å². The quantitative estimate of drug-likeness (QED) is 0.348. The molecule has 4 aromatic rings. The molecule has 0 nitrogen and oxygen atoms in total. The van der Waals surface area contributed by atoms with Crippen LogP contribution in [0.5, 0.6) is 0 Å². The normalized spacial score (nSPS) is 12.7. The Balaban J connectivity index is 0.000000341. The number of benzene rings is 2. The van der Waals surface area contributed by atoms with Gasteiger partial charge in [0.1, 0.15) is 0 Å². The maximum atomic E-state index is 3.19. The number of halogens is 2. The molecule has 1 aliphatic carbocycles. The zero-order chi connectivity index (χ0) is 17.2. The van der Waals surface area contributed by atoms with E-state index < -0.39 is 0 Å². The van der Waals surface area contributed by atoms with E-state index in [2.05, 4.69) is 98.5 Å². The van der Waals surface area contributed by atoms with Crippen LogP contribution in [0.2, 0.25) is 0 Å². The summed E-state index contributed by atoms with van der Waals surface area (Å²) in [4.78, 5) is 0. The van der Waals surface area contributed by atoms with Gasteiger partial charge in [-0.15, -0.1) is 55.9 Å². The molecule has 1 heterocycles. The summed E-state index contributed by atoms with van der Waals surface area (Å²) < 4.78 is 0. The molecule has 28 heavy (non-hydrogen) atoms. The van der Waals surface area contributed by atoms with Crippen LogP contribution in [0.4, 0.5) is 0 Å². The Kier molecular flexibility index (Phi) is 10.1. The van der Waals surface area contributed by atoms with E-state index in [0.29, 0.717) is 0 Å². The van der Waals surface area contributed by atoms with Crippen LogP contribution < -0.4 is 24.8 Å². The van der Waals surface area contributed by atoms with Gasteiger partial charge in [0, 0.05) is 5.12 Å². The molecule has 4 heteroatoms. The maximum Gasteiger partial charge on any atom is 4.00 e. The molecule has 0 N–H and O–H groups in total. The average molecular weight is 503 g/mol. The molecule has 0 amide bonds. The van der Waals surface area contributed by atoms with E-state index in [1.807, 2.05) is 0 Å². The largest absolute Gasteiger partial charge is 4.00 e. The second-order valence-corrected chi connectivity index (χ2v) is 8.52. The predicted molar refractivity (Wildman–Crippen MR) is 112 cm³/mol. The topological polar surface area (TPSA) is 0 Å². The van der Waals surface area contributed by atoms with Gasteiger partial charge < -0.3 is 24.8 Å². The van der Waals surface area contributed by atoms with E-state index >= 15 is 0 Å². The van der Waals surface area contributed by atoms with Gasteiger partial charge in [0.05, 0.1) is 0 Å².